The summed E-state index contributed by atoms with van der Waals surface area (Å²) < 4.78 is 44.1. The smallest absolute Gasteiger partial charge is 0.426 e. The number of hydrogen-bond acceptors (Lipinski definition) is 3. The van der Waals surface area contributed by atoms with Crippen molar-refractivity contribution >= 4 is 17.4 Å². The first-order valence-electron chi connectivity index (χ1n) is 9.73. The molecule has 7 heteroatoms. The molecule has 0 saturated heterocycles. The average molecular weight is 448 g/mol. The van der Waals surface area contributed by atoms with Crippen molar-refractivity contribution in [3.8, 4) is 17.6 Å². The van der Waals surface area contributed by atoms with Crippen molar-refractivity contribution in [1.82, 2.24) is 0 Å². The maximum Gasteiger partial charge on any atom is 0.426 e. The molecule has 0 N–H and O–H groups in total. The van der Waals surface area contributed by atoms with E-state index in [9.17, 15) is 23.2 Å². The first kappa shape index (κ1) is 22.9. The lowest BCUT2D eigenvalue weighted by molar-refractivity contribution is -0.121. The molecule has 1 saturated carbocycles. The number of hydrogen-bond donors (Lipinski definition) is 0. The van der Waals surface area contributed by atoms with Gasteiger partial charge >= 0.3 is 6.18 Å². The molecule has 0 aliphatic heterocycles. The lowest BCUT2D eigenvalue weighted by Gasteiger charge is -2.12. The number of carbonyl (C=O) groups excluding carboxylic acids is 1. The Kier molecular flexibility index (Phi) is 6.47. The highest BCUT2D eigenvalue weighted by Crippen LogP contribution is 2.61. The molecule has 0 heterocycles. The molecule has 3 nitrogen and oxygen atoms in total. The minimum atomic E-state index is -4.64. The molecule has 1 fully saturated rings. The fourth-order valence-corrected chi connectivity index (χ4v) is 3.98. The first-order valence-corrected chi connectivity index (χ1v) is 10.1. The highest BCUT2D eigenvalue weighted by Gasteiger charge is 2.60. The maximum absolute atomic E-state index is 12.8. The van der Waals surface area contributed by atoms with Crippen LogP contribution in [0.1, 0.15) is 31.7 Å². The number of nitrogens with zero attached hydrogens (tertiary/aromatic N) is 1. The zero-order chi connectivity index (χ0) is 22.8. The van der Waals surface area contributed by atoms with E-state index in [1.165, 1.54) is 0 Å². The molecule has 0 amide bonds. The molecule has 162 valence electrons. The van der Waals surface area contributed by atoms with Gasteiger partial charge in [-0.2, -0.15) is 18.4 Å². The molecular weight excluding hydrogens is 427 g/mol. The predicted molar refractivity (Wildman–Crippen MR) is 112 cm³/mol. The minimum Gasteiger partial charge on any atom is -0.457 e. The van der Waals surface area contributed by atoms with Gasteiger partial charge in [0.05, 0.1) is 12.0 Å². The van der Waals surface area contributed by atoms with Crippen LogP contribution in [0.5, 0.6) is 11.5 Å². The van der Waals surface area contributed by atoms with E-state index in [1.54, 1.807) is 50.2 Å². The summed E-state index contributed by atoms with van der Waals surface area (Å²) in [6, 6.07) is 18.2. The summed E-state index contributed by atoms with van der Waals surface area (Å²) in [6.45, 7) is 3.46. The van der Waals surface area contributed by atoms with Gasteiger partial charge < -0.3 is 4.74 Å². The van der Waals surface area contributed by atoms with E-state index < -0.39 is 34.4 Å². The molecule has 2 aromatic rings. The summed E-state index contributed by atoms with van der Waals surface area (Å²) in [7, 11) is 0. The van der Waals surface area contributed by atoms with Gasteiger partial charge in [-0.3, -0.25) is 4.79 Å². The predicted octanol–water partition coefficient (Wildman–Crippen LogP) is 7.00. The van der Waals surface area contributed by atoms with Gasteiger partial charge in [0.1, 0.15) is 22.3 Å². The number of Topliss-reactive ketones (excluding diaryl/α,β-unsaturated/α-hetero) is 1. The molecule has 0 spiro atoms. The summed E-state index contributed by atoms with van der Waals surface area (Å²) in [5.41, 5.74) is -0.0241. The van der Waals surface area contributed by atoms with E-state index in [1.807, 2.05) is 18.2 Å². The highest BCUT2D eigenvalue weighted by atomic mass is 35.5. The second-order valence-corrected chi connectivity index (χ2v) is 8.58. The standard InChI is InChI=1S/C24H21ClF3NO2/c1-23(2)19(13-21(25)24(26,27)28)22(23)20(30)12-16(14-29)15-7-6-10-18(11-15)31-17-8-4-3-5-9-17/h3-11,13,16,19,22H,12H2,1-2H3. The molecule has 3 atom stereocenters. The monoisotopic (exact) mass is 447 g/mol. The molecule has 3 unspecified atom stereocenters. The van der Waals surface area contributed by atoms with E-state index in [0.717, 1.165) is 6.08 Å². The van der Waals surface area contributed by atoms with E-state index >= 15 is 0 Å². The van der Waals surface area contributed by atoms with Crippen LogP contribution in [-0.4, -0.2) is 12.0 Å². The van der Waals surface area contributed by atoms with Gasteiger partial charge in [0.2, 0.25) is 0 Å². The zero-order valence-corrected chi connectivity index (χ0v) is 17.7. The molecule has 3 rings (SSSR count). The summed E-state index contributed by atoms with van der Waals surface area (Å²) in [6.07, 6.45) is -3.81. The molecule has 31 heavy (non-hydrogen) atoms. The number of para-hydroxylation sites is 1. The van der Waals surface area contributed by atoms with Crippen LogP contribution < -0.4 is 4.74 Å². The number of carbonyl (C=O) groups is 1. The quantitative estimate of drug-likeness (QED) is 0.459. The second-order valence-electron chi connectivity index (χ2n) is 8.18. The van der Waals surface area contributed by atoms with Crippen molar-refractivity contribution in [3.63, 3.8) is 0 Å². The Morgan fingerprint density at radius 3 is 2.45 bits per heavy atom. The fourth-order valence-electron chi connectivity index (χ4n) is 3.84. The Hall–Kier alpha value is -2.78. The molecule has 0 aromatic heterocycles. The molecule has 1 aliphatic carbocycles. The lowest BCUT2D eigenvalue weighted by Crippen LogP contribution is -2.11. The molecule has 0 bridgehead atoms. The third kappa shape index (κ3) is 5.29. The highest BCUT2D eigenvalue weighted by molar-refractivity contribution is 6.30. The third-order valence-corrected chi connectivity index (χ3v) is 6.00. The number of ketones is 1. The normalized spacial score (nSPS) is 21.1. The maximum atomic E-state index is 12.8. The Morgan fingerprint density at radius 2 is 1.84 bits per heavy atom. The SMILES string of the molecule is CC1(C)C(C=C(Cl)C(F)(F)F)C1C(=O)CC(C#N)c1cccc(Oc2ccccc2)c1. The van der Waals surface area contributed by atoms with E-state index in [2.05, 4.69) is 6.07 Å². The summed E-state index contributed by atoms with van der Waals surface area (Å²) in [4.78, 5) is 12.8. The average Bonchev–Trinajstić information content (AvgIpc) is 3.26. The van der Waals surface area contributed by atoms with E-state index in [0.29, 0.717) is 17.1 Å². The van der Waals surface area contributed by atoms with Gasteiger partial charge in [0.15, 0.2) is 0 Å². The third-order valence-electron chi connectivity index (χ3n) is 5.65. The van der Waals surface area contributed by atoms with Crippen LogP contribution in [-0.2, 0) is 4.79 Å². The van der Waals surface area contributed by atoms with Crippen molar-refractivity contribution in [2.45, 2.75) is 32.4 Å². The fraction of sp³-hybridized carbons (Fsp3) is 0.333. The largest absolute Gasteiger partial charge is 0.457 e. The molecule has 1 aliphatic rings. The number of nitriles is 1. The van der Waals surface area contributed by atoms with Gasteiger partial charge in [-0.1, -0.05) is 61.9 Å². The Morgan fingerprint density at radius 1 is 1.19 bits per heavy atom. The summed E-state index contributed by atoms with van der Waals surface area (Å²) in [5, 5.41) is 8.42. The van der Waals surface area contributed by atoms with Gasteiger partial charge in [-0.25, -0.2) is 0 Å². The number of ether oxygens (including phenoxy) is 1. The van der Waals surface area contributed by atoms with Gasteiger partial charge in [0, 0.05) is 12.3 Å². The summed E-state index contributed by atoms with van der Waals surface area (Å²) >= 11 is 5.36. The van der Waals surface area contributed by atoms with Crippen molar-refractivity contribution in [2.75, 3.05) is 0 Å². The van der Waals surface area contributed by atoms with Crippen molar-refractivity contribution in [3.05, 3.63) is 71.3 Å². The van der Waals surface area contributed by atoms with Crippen molar-refractivity contribution in [2.24, 2.45) is 17.3 Å². The number of allylic oxidation sites excluding steroid dienone is 2. The molecular formula is C24H21ClF3NO2. The topological polar surface area (TPSA) is 50.1 Å². The molecule has 2 aromatic carbocycles. The van der Waals surface area contributed by atoms with Crippen LogP contribution in [0.4, 0.5) is 13.2 Å². The van der Waals surface area contributed by atoms with Crippen molar-refractivity contribution in [1.29, 1.82) is 5.26 Å². The van der Waals surface area contributed by atoms with Crippen LogP contribution >= 0.6 is 11.6 Å². The minimum absolute atomic E-state index is 0.0899. The van der Waals surface area contributed by atoms with E-state index in [-0.39, 0.29) is 12.2 Å². The first-order chi connectivity index (χ1) is 14.5. The number of alkyl halides is 3. The zero-order valence-electron chi connectivity index (χ0n) is 17.0. The van der Waals surface area contributed by atoms with Gasteiger partial charge in [0.25, 0.3) is 0 Å². The Balaban J connectivity index is 1.72. The Bertz CT molecular complexity index is 1030. The second kappa shape index (κ2) is 8.76. The lowest BCUT2D eigenvalue weighted by atomic mass is 9.92. The van der Waals surface area contributed by atoms with Crippen LogP contribution in [0.25, 0.3) is 0 Å². The van der Waals surface area contributed by atoms with Crippen molar-refractivity contribution < 1.29 is 22.7 Å². The molecule has 0 radical (unpaired) electrons. The van der Waals surface area contributed by atoms with Crippen LogP contribution in [0.3, 0.4) is 0 Å². The van der Waals surface area contributed by atoms with Gasteiger partial charge in [-0.05, 0) is 41.2 Å². The summed E-state index contributed by atoms with van der Waals surface area (Å²) in [5.74, 6) is -1.03. The number of benzene rings is 2. The number of rotatable bonds is 7. The van der Waals surface area contributed by atoms with Gasteiger partial charge in [-0.15, -0.1) is 0 Å². The number of halogens is 4. The van der Waals surface area contributed by atoms with Crippen LogP contribution in [0, 0.1) is 28.6 Å². The van der Waals surface area contributed by atoms with Crippen LogP contribution in [0.2, 0.25) is 0 Å². The van der Waals surface area contributed by atoms with Crippen LogP contribution in [0.15, 0.2) is 65.7 Å². The Labute approximate surface area is 184 Å². The van der Waals surface area contributed by atoms with E-state index in [4.69, 9.17) is 16.3 Å².